The standard InChI is InChI=1S/C25H29N7O.H3N/c26-30-22(28-19-7-2-1-3-8-19)18-32-14-6-11-25(24(32)33)12-15-31(16-13-25)23-17-27-20-9-4-5-10-21(20)29-23;/h1-5,7-10,17H,6,11-16,18,26H2,(H,28,30);1H3. The first kappa shape index (κ1) is 23.6. The van der Waals surface area contributed by atoms with Crippen molar-refractivity contribution in [1.82, 2.24) is 26.4 Å². The van der Waals surface area contributed by atoms with Gasteiger partial charge in [0.25, 0.3) is 0 Å². The van der Waals surface area contributed by atoms with Crippen LogP contribution in [0, 0.1) is 5.41 Å². The van der Waals surface area contributed by atoms with Gasteiger partial charge in [-0.15, -0.1) is 0 Å². The molecule has 3 heterocycles. The lowest BCUT2D eigenvalue weighted by molar-refractivity contribution is -0.147. The Morgan fingerprint density at radius 1 is 1.00 bits per heavy atom. The van der Waals surface area contributed by atoms with E-state index in [2.05, 4.69) is 20.3 Å². The van der Waals surface area contributed by atoms with Crippen LogP contribution in [0.25, 0.3) is 11.0 Å². The molecule has 0 unspecified atom stereocenters. The van der Waals surface area contributed by atoms with E-state index in [9.17, 15) is 4.79 Å². The number of likely N-dealkylation sites (tertiary alicyclic amines) is 1. The minimum atomic E-state index is -0.314. The van der Waals surface area contributed by atoms with E-state index >= 15 is 0 Å². The number of amides is 1. The van der Waals surface area contributed by atoms with Crippen LogP contribution in [0.2, 0.25) is 0 Å². The number of amidine groups is 1. The van der Waals surface area contributed by atoms with E-state index in [1.54, 1.807) is 0 Å². The third-order valence-corrected chi connectivity index (χ3v) is 6.83. The van der Waals surface area contributed by atoms with Gasteiger partial charge >= 0.3 is 0 Å². The largest absolute Gasteiger partial charge is 0.355 e. The third kappa shape index (κ3) is 4.71. The fourth-order valence-corrected chi connectivity index (χ4v) is 4.98. The molecule has 2 saturated heterocycles. The molecule has 0 atom stereocenters. The summed E-state index contributed by atoms with van der Waals surface area (Å²) in [6.07, 6.45) is 5.40. The lowest BCUT2D eigenvalue weighted by atomic mass is 9.71. The molecule has 2 fully saturated rings. The van der Waals surface area contributed by atoms with E-state index < -0.39 is 0 Å². The molecule has 0 aliphatic carbocycles. The summed E-state index contributed by atoms with van der Waals surface area (Å²) in [5.41, 5.74) is 4.98. The summed E-state index contributed by atoms with van der Waals surface area (Å²) in [7, 11) is 0. The molecule has 2 aromatic carbocycles. The van der Waals surface area contributed by atoms with Crippen molar-refractivity contribution in [3.8, 4) is 0 Å². The SMILES string of the molecule is N.NNC(CN1CCCC2(CCN(c3cnc4ccccc4n3)CC2)C1=O)=Nc1ccccc1. The molecule has 2 aliphatic heterocycles. The van der Waals surface area contributed by atoms with Gasteiger partial charge in [-0.3, -0.25) is 9.78 Å². The Balaban J connectivity index is 0.00000274. The minimum Gasteiger partial charge on any atom is -0.355 e. The van der Waals surface area contributed by atoms with E-state index in [0.717, 1.165) is 67.9 Å². The highest BCUT2D eigenvalue weighted by Gasteiger charge is 2.46. The number of para-hydroxylation sites is 3. The summed E-state index contributed by atoms with van der Waals surface area (Å²) < 4.78 is 0. The maximum absolute atomic E-state index is 13.6. The summed E-state index contributed by atoms with van der Waals surface area (Å²) >= 11 is 0. The van der Waals surface area contributed by atoms with Crippen molar-refractivity contribution in [1.29, 1.82) is 0 Å². The van der Waals surface area contributed by atoms with Crippen LogP contribution >= 0.6 is 0 Å². The Morgan fingerprint density at radius 3 is 2.44 bits per heavy atom. The lowest BCUT2D eigenvalue weighted by Gasteiger charge is -2.46. The zero-order valence-corrected chi connectivity index (χ0v) is 19.4. The van der Waals surface area contributed by atoms with Crippen LogP contribution in [0.3, 0.4) is 0 Å². The maximum Gasteiger partial charge on any atom is 0.229 e. The monoisotopic (exact) mass is 460 g/mol. The van der Waals surface area contributed by atoms with Gasteiger partial charge in [0.1, 0.15) is 11.7 Å². The molecule has 5 rings (SSSR count). The van der Waals surface area contributed by atoms with Gasteiger partial charge in [-0.25, -0.2) is 15.8 Å². The fraction of sp³-hybridized carbons (Fsp3) is 0.360. The summed E-state index contributed by atoms with van der Waals surface area (Å²) in [6, 6.07) is 17.6. The van der Waals surface area contributed by atoms with Crippen molar-refractivity contribution in [3.63, 3.8) is 0 Å². The highest BCUT2D eigenvalue weighted by Crippen LogP contribution is 2.41. The molecule has 9 nitrogen and oxygen atoms in total. The third-order valence-electron chi connectivity index (χ3n) is 6.83. The first-order chi connectivity index (χ1) is 16.2. The Hall–Kier alpha value is -3.56. The number of hydrogen-bond donors (Lipinski definition) is 3. The predicted octanol–water partition coefficient (Wildman–Crippen LogP) is 3.19. The van der Waals surface area contributed by atoms with Gasteiger partial charge in [-0.2, -0.15) is 0 Å². The van der Waals surface area contributed by atoms with Crippen molar-refractivity contribution in [3.05, 3.63) is 60.8 Å². The number of carbonyl (C=O) groups is 1. The number of benzene rings is 2. The highest BCUT2D eigenvalue weighted by molar-refractivity contribution is 5.92. The maximum atomic E-state index is 13.6. The van der Waals surface area contributed by atoms with Gasteiger partial charge in [0.05, 0.1) is 34.9 Å². The molecule has 178 valence electrons. The minimum absolute atomic E-state index is 0. The van der Waals surface area contributed by atoms with Crippen LogP contribution in [0.15, 0.2) is 65.8 Å². The topological polar surface area (TPSA) is 135 Å². The van der Waals surface area contributed by atoms with Crippen molar-refractivity contribution in [2.45, 2.75) is 25.7 Å². The van der Waals surface area contributed by atoms with Gasteiger partial charge in [0, 0.05) is 19.6 Å². The van der Waals surface area contributed by atoms with Gasteiger partial charge in [-0.05, 0) is 49.9 Å². The molecule has 0 bridgehead atoms. The zero-order chi connectivity index (χ0) is 22.7. The van der Waals surface area contributed by atoms with E-state index in [4.69, 9.17) is 10.8 Å². The smallest absolute Gasteiger partial charge is 0.229 e. The summed E-state index contributed by atoms with van der Waals surface area (Å²) in [4.78, 5) is 31.7. The number of rotatable bonds is 4. The Kier molecular flexibility index (Phi) is 7.04. The second-order valence-electron chi connectivity index (χ2n) is 8.85. The number of nitrogens with zero attached hydrogens (tertiary/aromatic N) is 5. The number of aliphatic imine (C=N–C) groups is 1. The molecule has 6 N–H and O–H groups in total. The van der Waals surface area contributed by atoms with Crippen LogP contribution in [0.5, 0.6) is 0 Å². The average Bonchev–Trinajstić information content (AvgIpc) is 2.87. The number of hydrazine groups is 1. The molecular formula is C25H32N8O. The molecule has 3 aromatic rings. The number of nitrogens with one attached hydrogen (secondary N) is 1. The Morgan fingerprint density at radius 2 is 1.71 bits per heavy atom. The van der Waals surface area contributed by atoms with Crippen LogP contribution in [-0.2, 0) is 4.79 Å². The fourth-order valence-electron chi connectivity index (χ4n) is 4.98. The van der Waals surface area contributed by atoms with E-state index in [-0.39, 0.29) is 17.5 Å². The molecule has 9 heteroatoms. The Bertz CT molecular complexity index is 1160. The highest BCUT2D eigenvalue weighted by atomic mass is 16.2. The molecule has 0 saturated carbocycles. The van der Waals surface area contributed by atoms with Crippen molar-refractivity contribution >= 4 is 34.3 Å². The number of anilines is 1. The predicted molar refractivity (Wildman–Crippen MR) is 135 cm³/mol. The van der Waals surface area contributed by atoms with Crippen molar-refractivity contribution in [2.75, 3.05) is 31.1 Å². The molecule has 34 heavy (non-hydrogen) atoms. The average molecular weight is 461 g/mol. The van der Waals surface area contributed by atoms with Crippen molar-refractivity contribution in [2.24, 2.45) is 16.3 Å². The molecule has 2 aliphatic rings. The number of piperidine rings is 2. The van der Waals surface area contributed by atoms with Crippen LogP contribution in [0.4, 0.5) is 11.5 Å². The number of aromatic nitrogens is 2. The van der Waals surface area contributed by atoms with Crippen LogP contribution in [-0.4, -0.2) is 52.8 Å². The molecule has 1 spiro atoms. The summed E-state index contributed by atoms with van der Waals surface area (Å²) in [6.45, 7) is 2.72. The molecular weight excluding hydrogens is 428 g/mol. The van der Waals surface area contributed by atoms with Gasteiger partial charge in [0.2, 0.25) is 5.91 Å². The second-order valence-corrected chi connectivity index (χ2v) is 8.85. The van der Waals surface area contributed by atoms with Crippen LogP contribution in [0.1, 0.15) is 25.7 Å². The molecule has 0 radical (unpaired) electrons. The first-order valence-corrected chi connectivity index (χ1v) is 11.5. The second kappa shape index (κ2) is 10.1. The van der Waals surface area contributed by atoms with E-state index in [1.165, 1.54) is 0 Å². The lowest BCUT2D eigenvalue weighted by Crippen LogP contribution is -2.55. The summed E-state index contributed by atoms with van der Waals surface area (Å²) in [5.74, 6) is 7.43. The van der Waals surface area contributed by atoms with Crippen LogP contribution < -0.4 is 22.3 Å². The normalized spacial score (nSPS) is 18.1. The number of nitrogens with two attached hydrogens (primary N) is 1. The quantitative estimate of drug-likeness (QED) is 0.235. The van der Waals surface area contributed by atoms with E-state index in [1.807, 2.05) is 65.7 Å². The molecule has 1 amide bonds. The van der Waals surface area contributed by atoms with Gasteiger partial charge in [-0.1, -0.05) is 30.3 Å². The van der Waals surface area contributed by atoms with Gasteiger partial charge < -0.3 is 21.4 Å². The zero-order valence-electron chi connectivity index (χ0n) is 19.4. The number of fused-ring (bicyclic) bond motifs is 1. The molecule has 1 aromatic heterocycles. The number of hydrogen-bond acceptors (Lipinski definition) is 7. The van der Waals surface area contributed by atoms with Gasteiger partial charge in [0.15, 0.2) is 0 Å². The summed E-state index contributed by atoms with van der Waals surface area (Å²) in [5, 5.41) is 0. The number of carbonyl (C=O) groups excluding carboxylic acids is 1. The first-order valence-electron chi connectivity index (χ1n) is 11.5. The Labute approximate surface area is 199 Å². The van der Waals surface area contributed by atoms with Crippen molar-refractivity contribution < 1.29 is 4.79 Å². The van der Waals surface area contributed by atoms with E-state index in [0.29, 0.717) is 12.4 Å².